The van der Waals surface area contributed by atoms with Crippen LogP contribution >= 0.6 is 0 Å². The molecular formula is C89H122N12O13S3. The first-order valence-electron chi connectivity index (χ1n) is 40.6. The molecule has 0 bridgehead atoms. The largest absolute Gasteiger partial charge is 0.497 e. The van der Waals surface area contributed by atoms with E-state index in [-0.39, 0.29) is 75.7 Å². The van der Waals surface area contributed by atoms with Crippen LogP contribution in [0.2, 0.25) is 0 Å². The Balaban J connectivity index is 0.000000160. The van der Waals surface area contributed by atoms with Crippen LogP contribution in [0.15, 0.2) is 167 Å². The number of aromatic nitrogens is 3. The van der Waals surface area contributed by atoms with E-state index >= 15 is 0 Å². The van der Waals surface area contributed by atoms with Gasteiger partial charge >= 0.3 is 5.97 Å². The molecule has 6 atom stereocenters. The molecule has 117 heavy (non-hydrogen) atoms. The average molecular weight is 1660 g/mol. The van der Waals surface area contributed by atoms with Gasteiger partial charge in [0.25, 0.3) is 0 Å². The van der Waals surface area contributed by atoms with Crippen LogP contribution < -0.4 is 35.9 Å². The third-order valence-electron chi connectivity index (χ3n) is 24.2. The number of carbonyl (C=O) groups is 3. The van der Waals surface area contributed by atoms with E-state index in [1.54, 1.807) is 98.2 Å². The number of nitrogens with one attached hydrogen (secondary N) is 3. The molecule has 0 aliphatic carbocycles. The van der Waals surface area contributed by atoms with Gasteiger partial charge < -0.3 is 54.7 Å². The fourth-order valence-electron chi connectivity index (χ4n) is 18.1. The topological polar surface area (TPSA) is 295 Å². The van der Waals surface area contributed by atoms with Crippen LogP contribution in [0.5, 0.6) is 17.2 Å². The van der Waals surface area contributed by atoms with Gasteiger partial charge in [-0.25, -0.2) is 25.3 Å². The smallest absolute Gasteiger partial charge is 0.305 e. The molecule has 3 fully saturated rings. The number of piperidine rings is 3. The summed E-state index contributed by atoms with van der Waals surface area (Å²) in [5.41, 5.74) is 15.0. The maximum atomic E-state index is 14.2. The van der Waals surface area contributed by atoms with Crippen molar-refractivity contribution in [3.05, 3.63) is 214 Å². The molecule has 634 valence electrons. The molecule has 14 rings (SSSR count). The summed E-state index contributed by atoms with van der Waals surface area (Å²) in [5, 5.41) is 19.2. The molecular weight excluding hydrogens is 1540 g/mol. The number of aryl methyl sites for hydroxylation is 6. The molecule has 25 nitrogen and oxygen atoms in total. The third kappa shape index (κ3) is 20.6. The van der Waals surface area contributed by atoms with E-state index in [1.807, 2.05) is 64.1 Å². The van der Waals surface area contributed by atoms with E-state index < -0.39 is 54.2 Å². The number of amides is 2. The van der Waals surface area contributed by atoms with Gasteiger partial charge in [-0.2, -0.15) is 12.9 Å². The lowest BCUT2D eigenvalue weighted by molar-refractivity contribution is -0.138. The summed E-state index contributed by atoms with van der Waals surface area (Å²) in [6.07, 6.45) is 8.43. The van der Waals surface area contributed by atoms with Gasteiger partial charge in [0.1, 0.15) is 17.2 Å². The fourth-order valence-corrected chi connectivity index (χ4v) is 24.1. The zero-order valence-corrected chi connectivity index (χ0v) is 73.2. The van der Waals surface area contributed by atoms with Gasteiger partial charge in [0.05, 0.1) is 60.6 Å². The summed E-state index contributed by atoms with van der Waals surface area (Å²) in [7, 11) is -6.91. The lowest BCUT2D eigenvalue weighted by atomic mass is 9.78. The van der Waals surface area contributed by atoms with E-state index in [4.69, 9.17) is 19.9 Å². The zero-order valence-electron chi connectivity index (χ0n) is 70.8. The summed E-state index contributed by atoms with van der Waals surface area (Å²) in [6.45, 7) is 33.9. The maximum absolute atomic E-state index is 14.2. The number of benzene rings is 5. The number of hydrogen-bond donors (Lipinski definition) is 5. The molecule has 3 saturated heterocycles. The van der Waals surface area contributed by atoms with Gasteiger partial charge in [0, 0.05) is 152 Å². The average Bonchev–Trinajstić information content (AvgIpc) is 1.63. The Hall–Kier alpha value is -8.68. The number of hydrogen-bond acceptors (Lipinski definition) is 16. The Morgan fingerprint density at radius 1 is 0.444 bits per heavy atom. The second-order valence-electron chi connectivity index (χ2n) is 34.3. The minimum Gasteiger partial charge on any atom is -0.497 e. The molecule has 9 heterocycles. The third-order valence-corrected chi connectivity index (χ3v) is 30.8. The Morgan fingerprint density at radius 3 is 1.10 bits per heavy atom. The van der Waals surface area contributed by atoms with Gasteiger partial charge in [-0.15, -0.1) is 0 Å². The van der Waals surface area contributed by atoms with Crippen molar-refractivity contribution >= 4 is 47.9 Å². The second kappa shape index (κ2) is 37.3. The van der Waals surface area contributed by atoms with Crippen molar-refractivity contribution in [2.75, 3.05) is 80.2 Å². The summed E-state index contributed by atoms with van der Waals surface area (Å²) in [5.74, 6) is 0.564. The minimum atomic E-state index is -3.88. The number of rotatable bonds is 21. The van der Waals surface area contributed by atoms with Crippen molar-refractivity contribution in [1.82, 2.24) is 52.4 Å². The molecule has 6 aliphatic rings. The first-order chi connectivity index (χ1) is 55.4. The van der Waals surface area contributed by atoms with Crippen molar-refractivity contribution in [3.63, 3.8) is 0 Å². The number of likely N-dealkylation sites (tertiary alicyclic amines) is 2. The van der Waals surface area contributed by atoms with Crippen LogP contribution in [0.3, 0.4) is 0 Å². The van der Waals surface area contributed by atoms with E-state index in [0.29, 0.717) is 100.0 Å². The zero-order chi connectivity index (χ0) is 84.7. The standard InChI is InChI=1S/C32H42N4O4S.C25H36N4O4S.C18H22N2O5S.C14H22N2/c1-23-18-26(40-5)19-24(2)31(23)41(38,39)36-17-16-35-14-9-12-27(35)28(36)20-30(37)33-29-13-15-34(22-32(29,3)4)21-25-10-7-6-8-11-25;1-17-13-19(33-5)14-18(2)24(17)34(31,32)29-12-11-28-10-6-7-20(28)21(29)15-23(30)27-22-8-9-26-16-25(22,3)4;1-12-9-14(25-3)10-13(2)18(12)26(23,24)20-8-7-19-6-4-5-15(19)16(20)11-17(21)22;1-14(2)11-16(9-8-13(14)15)10-12-6-4-3-5-7-12/h6-12,14,18-19,28-29H,13,15-17,20-22H2,1-5H3,(H,33,37);6-7,10,13-14,21-22,26H,8-9,11-12,15-16H2,1-5H3,(H,27,30);4-6,9-10,16H,7-8,11H2,1-3H3,(H,21,22);3-7,13H,8-11,15H2,1-2H3. The summed E-state index contributed by atoms with van der Waals surface area (Å²) in [6, 6.07) is 41.3. The van der Waals surface area contributed by atoms with Gasteiger partial charge in [-0.05, 0) is 201 Å². The number of carboxylic acid groups (broad SMARTS) is 1. The molecule has 6 N–H and O–H groups in total. The highest BCUT2D eigenvalue weighted by Gasteiger charge is 2.45. The molecule has 28 heteroatoms. The number of nitrogens with zero attached hydrogens (tertiary/aromatic N) is 8. The van der Waals surface area contributed by atoms with Crippen LogP contribution in [0.4, 0.5) is 0 Å². The highest BCUT2D eigenvalue weighted by atomic mass is 32.2. The number of aliphatic carboxylic acids is 1. The summed E-state index contributed by atoms with van der Waals surface area (Å²) >= 11 is 0. The van der Waals surface area contributed by atoms with Crippen LogP contribution in [-0.4, -0.2) is 183 Å². The van der Waals surface area contributed by atoms with Gasteiger partial charge in [-0.1, -0.05) is 102 Å². The van der Waals surface area contributed by atoms with E-state index in [1.165, 1.54) is 31.2 Å². The number of carboxylic acids is 1. The molecule has 8 aromatic rings. The van der Waals surface area contributed by atoms with E-state index in [9.17, 15) is 44.7 Å². The molecule has 5 aromatic carbocycles. The molecule has 6 unspecified atom stereocenters. The fraction of sp³-hybridized carbons (Fsp3) is 0.494. The molecule has 2 amide bonds. The SMILES string of the molecule is CC1(C)CN(Cc2ccccc2)CCC1N.COc1cc(C)c(S(=O)(=O)N2CCn3cccc3C2CC(=O)NC2CCN(Cc3ccccc3)CC2(C)C)c(C)c1.COc1cc(C)c(S(=O)(=O)N2CCn3cccc3C2CC(=O)NC2CCNCC2(C)C)c(C)c1.COc1cc(C)c(S(=O)(=O)N2CCn3cccc3C2CC(=O)O)c(C)c1. The van der Waals surface area contributed by atoms with Crippen molar-refractivity contribution in [1.29, 1.82) is 0 Å². The van der Waals surface area contributed by atoms with Crippen LogP contribution in [0.1, 0.15) is 160 Å². The van der Waals surface area contributed by atoms with Crippen LogP contribution in [-0.2, 0) is 77.2 Å². The van der Waals surface area contributed by atoms with Crippen molar-refractivity contribution in [3.8, 4) is 17.2 Å². The normalized spacial score (nSPS) is 21.5. The number of nitrogens with two attached hydrogens (primary N) is 1. The van der Waals surface area contributed by atoms with Crippen molar-refractivity contribution in [2.45, 2.75) is 205 Å². The summed E-state index contributed by atoms with van der Waals surface area (Å²) in [4.78, 5) is 44.0. The minimum absolute atomic E-state index is 0.00790. The Morgan fingerprint density at radius 2 is 0.778 bits per heavy atom. The number of fused-ring (bicyclic) bond motifs is 3. The number of carbonyl (C=O) groups excluding carboxylic acids is 2. The molecule has 0 spiro atoms. The second-order valence-corrected chi connectivity index (χ2v) is 39.8. The predicted octanol–water partition coefficient (Wildman–Crippen LogP) is 12.0. The lowest BCUT2D eigenvalue weighted by Crippen LogP contribution is -2.56. The number of sulfonamides is 3. The van der Waals surface area contributed by atoms with E-state index in [0.717, 1.165) is 83.0 Å². The number of ether oxygens (including phenoxy) is 3. The highest BCUT2D eigenvalue weighted by molar-refractivity contribution is 7.89. The van der Waals surface area contributed by atoms with Crippen molar-refractivity contribution in [2.24, 2.45) is 22.0 Å². The molecule has 0 saturated carbocycles. The lowest BCUT2D eigenvalue weighted by Gasteiger charge is -2.45. The Labute approximate surface area is 693 Å². The predicted molar refractivity (Wildman–Crippen MR) is 455 cm³/mol. The Kier molecular flexibility index (Phi) is 28.4. The summed E-state index contributed by atoms with van der Waals surface area (Å²) < 4.78 is 109. The monoisotopic (exact) mass is 1660 g/mol. The highest BCUT2D eigenvalue weighted by Crippen LogP contribution is 2.42. The van der Waals surface area contributed by atoms with Gasteiger partial charge in [0.15, 0.2) is 0 Å². The molecule has 3 aromatic heterocycles. The molecule has 6 aliphatic heterocycles. The van der Waals surface area contributed by atoms with E-state index in [2.05, 4.69) is 126 Å². The van der Waals surface area contributed by atoms with Crippen LogP contribution in [0, 0.1) is 57.8 Å². The number of methoxy groups -OCH3 is 3. The maximum Gasteiger partial charge on any atom is 0.305 e. The quantitative estimate of drug-likeness (QED) is 0.0447. The Bertz CT molecular complexity index is 5090. The van der Waals surface area contributed by atoms with Crippen molar-refractivity contribution < 1.29 is 59.0 Å². The first kappa shape index (κ1) is 89.1. The van der Waals surface area contributed by atoms with Crippen LogP contribution in [0.25, 0.3) is 0 Å². The first-order valence-corrected chi connectivity index (χ1v) is 44.9. The molecule has 0 radical (unpaired) electrons. The van der Waals surface area contributed by atoms with Gasteiger partial charge in [-0.3, -0.25) is 24.2 Å². The van der Waals surface area contributed by atoms with Gasteiger partial charge in [0.2, 0.25) is 41.9 Å².